The maximum absolute atomic E-state index is 14.1. The van der Waals surface area contributed by atoms with Gasteiger partial charge in [0.05, 0.1) is 23.4 Å². The van der Waals surface area contributed by atoms with Crippen molar-refractivity contribution in [3.05, 3.63) is 60.0 Å². The fourth-order valence-corrected chi connectivity index (χ4v) is 3.08. The average Bonchev–Trinajstić information content (AvgIpc) is 3.07. The van der Waals surface area contributed by atoms with Crippen LogP contribution in [0.1, 0.15) is 12.1 Å². The number of ether oxygens (including phenoxy) is 1. The highest BCUT2D eigenvalue weighted by Gasteiger charge is 2.19. The molecule has 0 aliphatic carbocycles. The molecule has 0 amide bonds. The van der Waals surface area contributed by atoms with Crippen molar-refractivity contribution in [2.24, 2.45) is 5.14 Å². The Morgan fingerprint density at radius 3 is 2.48 bits per heavy atom. The molecule has 1 aromatic heterocycles. The van der Waals surface area contributed by atoms with Gasteiger partial charge in [-0.2, -0.15) is 5.10 Å². The lowest BCUT2D eigenvalue weighted by atomic mass is 10.1. The van der Waals surface area contributed by atoms with Crippen molar-refractivity contribution >= 4 is 10.0 Å². The molecule has 0 spiro atoms. The zero-order chi connectivity index (χ0) is 19.8. The zero-order valence-electron chi connectivity index (χ0n) is 13.9. The van der Waals surface area contributed by atoms with Crippen LogP contribution in [0.2, 0.25) is 0 Å². The minimum absolute atomic E-state index is 0.00452. The first-order valence-electron chi connectivity index (χ1n) is 7.56. The topological polar surface area (TPSA) is 87.2 Å². The predicted octanol–water partition coefficient (Wildman–Crippen LogP) is 3.27. The molecule has 3 aromatic rings. The monoisotopic (exact) mass is 397 g/mol. The highest BCUT2D eigenvalue weighted by Crippen LogP contribution is 2.31. The normalized spacial score (nSPS) is 11.8. The van der Waals surface area contributed by atoms with Gasteiger partial charge in [0.25, 0.3) is 6.43 Å². The van der Waals surface area contributed by atoms with E-state index >= 15 is 0 Å². The standard InChI is InChI=1S/C17H14F3N3O3S/c1-26-16-6-5-10(7-13(16)18)15-9-14(17(19)20)22-23(15)11-3-2-4-12(8-11)27(21,24)25/h2-9,17H,1H3,(H2,21,24,25). The van der Waals surface area contributed by atoms with Gasteiger partial charge in [-0.25, -0.2) is 31.4 Å². The lowest BCUT2D eigenvalue weighted by molar-refractivity contribution is 0.145. The van der Waals surface area contributed by atoms with E-state index in [9.17, 15) is 21.6 Å². The quantitative estimate of drug-likeness (QED) is 0.716. The Morgan fingerprint density at radius 2 is 1.89 bits per heavy atom. The molecular weight excluding hydrogens is 383 g/mol. The fraction of sp³-hybridized carbons (Fsp3) is 0.118. The van der Waals surface area contributed by atoms with Crippen LogP contribution in [-0.2, 0) is 10.0 Å². The molecule has 6 nitrogen and oxygen atoms in total. The van der Waals surface area contributed by atoms with Gasteiger partial charge in [-0.3, -0.25) is 0 Å². The molecule has 2 aromatic carbocycles. The molecule has 10 heteroatoms. The Labute approximate surface area is 153 Å². The van der Waals surface area contributed by atoms with Crippen LogP contribution >= 0.6 is 0 Å². The minimum atomic E-state index is -4.00. The number of primary sulfonamides is 1. The molecule has 0 bridgehead atoms. The van der Waals surface area contributed by atoms with Crippen molar-refractivity contribution in [1.82, 2.24) is 9.78 Å². The molecule has 3 rings (SSSR count). The van der Waals surface area contributed by atoms with Gasteiger partial charge in [0.15, 0.2) is 11.6 Å². The van der Waals surface area contributed by atoms with E-state index in [4.69, 9.17) is 9.88 Å². The summed E-state index contributed by atoms with van der Waals surface area (Å²) in [5.74, 6) is -0.685. The summed E-state index contributed by atoms with van der Waals surface area (Å²) in [6.07, 6.45) is -2.87. The number of hydrogen-bond donors (Lipinski definition) is 1. The first-order chi connectivity index (χ1) is 12.7. The Bertz CT molecular complexity index is 1100. The molecule has 2 N–H and O–H groups in total. The van der Waals surface area contributed by atoms with E-state index in [1.54, 1.807) is 0 Å². The van der Waals surface area contributed by atoms with Gasteiger partial charge in [0.2, 0.25) is 10.0 Å². The van der Waals surface area contributed by atoms with Crippen LogP contribution in [0.15, 0.2) is 53.4 Å². The van der Waals surface area contributed by atoms with E-state index < -0.39 is 28.0 Å². The van der Waals surface area contributed by atoms with E-state index in [1.807, 2.05) is 0 Å². The number of sulfonamides is 1. The van der Waals surface area contributed by atoms with Crippen molar-refractivity contribution in [3.8, 4) is 22.7 Å². The first-order valence-corrected chi connectivity index (χ1v) is 9.10. The number of benzene rings is 2. The number of alkyl halides is 2. The summed E-state index contributed by atoms with van der Waals surface area (Å²) in [6.45, 7) is 0. The molecule has 0 saturated heterocycles. The lowest BCUT2D eigenvalue weighted by Crippen LogP contribution is -2.12. The number of rotatable bonds is 5. The maximum Gasteiger partial charge on any atom is 0.282 e. The highest BCUT2D eigenvalue weighted by molar-refractivity contribution is 7.89. The number of hydrogen-bond acceptors (Lipinski definition) is 4. The summed E-state index contributed by atoms with van der Waals surface area (Å²) < 4.78 is 69.5. The Morgan fingerprint density at radius 1 is 1.15 bits per heavy atom. The molecule has 0 radical (unpaired) electrons. The summed E-state index contributed by atoms with van der Waals surface area (Å²) >= 11 is 0. The van der Waals surface area contributed by atoms with Gasteiger partial charge in [-0.1, -0.05) is 6.07 Å². The van der Waals surface area contributed by atoms with E-state index in [-0.39, 0.29) is 27.6 Å². The number of nitrogens with zero attached hydrogens (tertiary/aromatic N) is 2. The number of aromatic nitrogens is 2. The summed E-state index contributed by atoms with van der Waals surface area (Å²) in [6, 6.07) is 10.4. The van der Waals surface area contributed by atoms with Gasteiger partial charge in [0.1, 0.15) is 5.69 Å². The summed E-state index contributed by atoms with van der Waals surface area (Å²) in [7, 11) is -2.70. The smallest absolute Gasteiger partial charge is 0.282 e. The van der Waals surface area contributed by atoms with Crippen LogP contribution < -0.4 is 9.88 Å². The van der Waals surface area contributed by atoms with Crippen molar-refractivity contribution in [1.29, 1.82) is 0 Å². The number of nitrogens with two attached hydrogens (primary N) is 1. The van der Waals surface area contributed by atoms with Crippen molar-refractivity contribution in [2.75, 3.05) is 7.11 Å². The molecule has 0 aliphatic rings. The highest BCUT2D eigenvalue weighted by atomic mass is 32.2. The van der Waals surface area contributed by atoms with E-state index in [1.165, 1.54) is 43.5 Å². The van der Waals surface area contributed by atoms with Crippen LogP contribution in [-0.4, -0.2) is 25.3 Å². The second kappa shape index (κ2) is 7.05. The second-order valence-corrected chi connectivity index (χ2v) is 7.12. The van der Waals surface area contributed by atoms with Crippen molar-refractivity contribution in [3.63, 3.8) is 0 Å². The third-order valence-electron chi connectivity index (χ3n) is 3.79. The Kier molecular flexibility index (Phi) is 4.94. The summed E-state index contributed by atoms with van der Waals surface area (Å²) in [4.78, 5) is -0.207. The molecule has 0 saturated carbocycles. The zero-order valence-corrected chi connectivity index (χ0v) is 14.8. The third-order valence-corrected chi connectivity index (χ3v) is 4.70. The molecule has 27 heavy (non-hydrogen) atoms. The summed E-state index contributed by atoms with van der Waals surface area (Å²) in [5, 5.41) is 8.95. The molecule has 142 valence electrons. The molecule has 0 fully saturated rings. The van der Waals surface area contributed by atoms with Crippen molar-refractivity contribution < 1.29 is 26.3 Å². The van der Waals surface area contributed by atoms with Crippen LogP contribution in [0.5, 0.6) is 5.75 Å². The van der Waals surface area contributed by atoms with E-state index in [2.05, 4.69) is 5.10 Å². The molecule has 0 aliphatic heterocycles. The third kappa shape index (κ3) is 3.81. The van der Waals surface area contributed by atoms with Gasteiger partial charge < -0.3 is 4.74 Å². The number of halogens is 3. The summed E-state index contributed by atoms with van der Waals surface area (Å²) in [5.41, 5.74) is 0.0500. The van der Waals surface area contributed by atoms with Gasteiger partial charge in [-0.15, -0.1) is 0 Å². The van der Waals surface area contributed by atoms with Gasteiger partial charge in [-0.05, 0) is 42.5 Å². The second-order valence-electron chi connectivity index (χ2n) is 5.56. The Hall–Kier alpha value is -2.85. The van der Waals surface area contributed by atoms with E-state index in [0.717, 1.165) is 16.8 Å². The van der Waals surface area contributed by atoms with Crippen LogP contribution in [0.3, 0.4) is 0 Å². The molecule has 0 atom stereocenters. The SMILES string of the molecule is COc1ccc(-c2cc(C(F)F)nn2-c2cccc(S(N)(=O)=O)c2)cc1F. The van der Waals surface area contributed by atoms with E-state index in [0.29, 0.717) is 0 Å². The predicted molar refractivity (Wildman–Crippen MR) is 91.8 cm³/mol. The fourth-order valence-electron chi connectivity index (χ4n) is 2.53. The van der Waals surface area contributed by atoms with Gasteiger partial charge in [0, 0.05) is 5.56 Å². The average molecular weight is 397 g/mol. The Balaban J connectivity index is 2.21. The maximum atomic E-state index is 14.1. The molecule has 0 unspecified atom stereocenters. The number of methoxy groups -OCH3 is 1. The molecule has 1 heterocycles. The van der Waals surface area contributed by atoms with Crippen LogP contribution in [0, 0.1) is 5.82 Å². The first kappa shape index (κ1) is 18.9. The van der Waals surface area contributed by atoms with Gasteiger partial charge >= 0.3 is 0 Å². The van der Waals surface area contributed by atoms with Crippen LogP contribution in [0.4, 0.5) is 13.2 Å². The largest absolute Gasteiger partial charge is 0.494 e. The molecular formula is C17H14F3N3O3S. The van der Waals surface area contributed by atoms with Crippen molar-refractivity contribution in [2.45, 2.75) is 11.3 Å². The van der Waals surface area contributed by atoms with Crippen LogP contribution in [0.25, 0.3) is 16.9 Å². The lowest BCUT2D eigenvalue weighted by Gasteiger charge is -2.10. The minimum Gasteiger partial charge on any atom is -0.494 e.